The molecule has 0 aliphatic rings. The summed E-state index contributed by atoms with van der Waals surface area (Å²) in [6.07, 6.45) is 2.92. The molecule has 0 fully saturated rings. The Labute approximate surface area is 164 Å². The van der Waals surface area contributed by atoms with Crippen LogP contribution in [0.25, 0.3) is 0 Å². The predicted octanol–water partition coefficient (Wildman–Crippen LogP) is 1.99. The topological polar surface area (TPSA) is 83.0 Å². The van der Waals surface area contributed by atoms with Crippen molar-refractivity contribution in [1.82, 2.24) is 14.9 Å². The quantitative estimate of drug-likeness (QED) is 0.320. The van der Waals surface area contributed by atoms with Crippen molar-refractivity contribution in [2.75, 3.05) is 46.1 Å². The smallest absolute Gasteiger partial charge is 0.211 e. The van der Waals surface area contributed by atoms with E-state index in [0.717, 1.165) is 19.4 Å². The van der Waals surface area contributed by atoms with E-state index in [4.69, 9.17) is 4.74 Å². The summed E-state index contributed by atoms with van der Waals surface area (Å²) in [7, 11) is -1.40. The van der Waals surface area contributed by atoms with E-state index in [2.05, 4.69) is 34.7 Å². The highest BCUT2D eigenvalue weighted by atomic mass is 32.2. The maximum Gasteiger partial charge on any atom is 0.211 e. The Kier molecular flexibility index (Phi) is 11.0. The Morgan fingerprint density at radius 2 is 1.81 bits per heavy atom. The van der Waals surface area contributed by atoms with Gasteiger partial charge in [0.05, 0.1) is 12.4 Å². The summed E-state index contributed by atoms with van der Waals surface area (Å²) < 4.78 is 30.4. The van der Waals surface area contributed by atoms with Gasteiger partial charge in [-0.2, -0.15) is 0 Å². The number of aliphatic imine (C=N–C) groups is 1. The summed E-state index contributed by atoms with van der Waals surface area (Å²) in [5.41, 5.74) is 1.18. The Morgan fingerprint density at radius 1 is 1.19 bits per heavy atom. The van der Waals surface area contributed by atoms with Crippen molar-refractivity contribution < 1.29 is 13.2 Å². The molecule has 0 aromatic heterocycles. The van der Waals surface area contributed by atoms with Gasteiger partial charge >= 0.3 is 0 Å². The number of nitrogens with zero attached hydrogens (tertiary/aromatic N) is 2. The molecule has 2 N–H and O–H groups in total. The van der Waals surface area contributed by atoms with E-state index in [0.29, 0.717) is 32.2 Å². The maximum absolute atomic E-state index is 11.5. The molecule has 1 rings (SSSR count). The molecule has 1 unspecified atom stereocenters. The van der Waals surface area contributed by atoms with Crippen molar-refractivity contribution in [3.63, 3.8) is 0 Å². The van der Waals surface area contributed by atoms with Crippen molar-refractivity contribution in [1.29, 1.82) is 0 Å². The zero-order valence-electron chi connectivity index (χ0n) is 16.9. The molecular formula is C19H34N4O3S. The Balaban J connectivity index is 2.16. The van der Waals surface area contributed by atoms with Gasteiger partial charge < -0.3 is 15.4 Å². The first-order valence-corrected chi connectivity index (χ1v) is 11.3. The van der Waals surface area contributed by atoms with Gasteiger partial charge in [-0.1, -0.05) is 37.3 Å². The maximum atomic E-state index is 11.5. The van der Waals surface area contributed by atoms with Gasteiger partial charge in [-0.25, -0.2) is 12.7 Å². The minimum atomic E-state index is -3.12. The number of guanidine groups is 1. The fourth-order valence-corrected chi connectivity index (χ4v) is 3.53. The number of rotatable bonds is 12. The van der Waals surface area contributed by atoms with Gasteiger partial charge in [0.25, 0.3) is 0 Å². The summed E-state index contributed by atoms with van der Waals surface area (Å²) in [4.78, 5) is 4.18. The molecule has 1 aromatic rings. The SMILES string of the molecule is CCN(CCCNC(=NC)NCCCOC(C)c1ccccc1)S(C)(=O)=O. The largest absolute Gasteiger partial charge is 0.374 e. The molecule has 1 atom stereocenters. The third-order valence-electron chi connectivity index (χ3n) is 4.17. The van der Waals surface area contributed by atoms with Crippen molar-refractivity contribution in [2.24, 2.45) is 4.99 Å². The van der Waals surface area contributed by atoms with Crippen LogP contribution >= 0.6 is 0 Å². The standard InChI is InChI=1S/C19H34N4O3S/c1-5-23(27(4,24)25)15-9-13-21-19(20-3)22-14-10-16-26-17(2)18-11-7-6-8-12-18/h6-8,11-12,17H,5,9-10,13-16H2,1-4H3,(H2,20,21,22). The number of hydrogen-bond acceptors (Lipinski definition) is 4. The highest BCUT2D eigenvalue weighted by Crippen LogP contribution is 2.15. The molecular weight excluding hydrogens is 364 g/mol. The fraction of sp³-hybridized carbons (Fsp3) is 0.632. The molecule has 154 valence electrons. The second-order valence-corrected chi connectivity index (χ2v) is 8.29. The van der Waals surface area contributed by atoms with E-state index in [1.54, 1.807) is 7.05 Å². The van der Waals surface area contributed by atoms with Crippen LogP contribution in [0, 0.1) is 0 Å². The monoisotopic (exact) mass is 398 g/mol. The van der Waals surface area contributed by atoms with Gasteiger partial charge in [0.1, 0.15) is 0 Å². The van der Waals surface area contributed by atoms with Crippen molar-refractivity contribution in [2.45, 2.75) is 32.8 Å². The van der Waals surface area contributed by atoms with Crippen LogP contribution in [0.15, 0.2) is 35.3 Å². The second-order valence-electron chi connectivity index (χ2n) is 6.31. The van der Waals surface area contributed by atoms with E-state index in [9.17, 15) is 8.42 Å². The molecule has 0 saturated heterocycles. The van der Waals surface area contributed by atoms with E-state index in [1.165, 1.54) is 16.1 Å². The molecule has 1 aromatic carbocycles. The number of hydrogen-bond donors (Lipinski definition) is 2. The van der Waals surface area contributed by atoms with Gasteiger partial charge in [0.2, 0.25) is 10.0 Å². The lowest BCUT2D eigenvalue weighted by Gasteiger charge is -2.18. The van der Waals surface area contributed by atoms with Gasteiger partial charge in [-0.3, -0.25) is 4.99 Å². The molecule has 0 bridgehead atoms. The average Bonchev–Trinajstić information content (AvgIpc) is 2.65. The van der Waals surface area contributed by atoms with Crippen LogP contribution in [0.3, 0.4) is 0 Å². The molecule has 0 aliphatic heterocycles. The molecule has 0 saturated carbocycles. The molecule has 0 aliphatic carbocycles. The van der Waals surface area contributed by atoms with Crippen LogP contribution in [0.2, 0.25) is 0 Å². The first-order chi connectivity index (χ1) is 12.9. The minimum Gasteiger partial charge on any atom is -0.374 e. The number of benzene rings is 1. The molecule has 0 radical (unpaired) electrons. The summed E-state index contributed by atoms with van der Waals surface area (Å²) in [5.74, 6) is 0.716. The van der Waals surface area contributed by atoms with E-state index in [1.807, 2.05) is 25.1 Å². The molecule has 0 spiro atoms. The van der Waals surface area contributed by atoms with Gasteiger partial charge in [-0.05, 0) is 25.3 Å². The second kappa shape index (κ2) is 12.7. The fourth-order valence-electron chi connectivity index (χ4n) is 2.60. The number of nitrogens with one attached hydrogen (secondary N) is 2. The molecule has 0 heterocycles. The summed E-state index contributed by atoms with van der Waals surface area (Å²) in [6, 6.07) is 10.2. The normalized spacial score (nSPS) is 13.6. The first-order valence-electron chi connectivity index (χ1n) is 9.44. The van der Waals surface area contributed by atoms with E-state index < -0.39 is 10.0 Å². The van der Waals surface area contributed by atoms with Crippen LogP contribution in [-0.4, -0.2) is 64.8 Å². The van der Waals surface area contributed by atoms with Gasteiger partial charge in [0.15, 0.2) is 5.96 Å². The zero-order chi connectivity index (χ0) is 20.1. The highest BCUT2D eigenvalue weighted by molar-refractivity contribution is 7.88. The molecule has 0 amide bonds. The van der Waals surface area contributed by atoms with Crippen LogP contribution in [-0.2, 0) is 14.8 Å². The summed E-state index contributed by atoms with van der Waals surface area (Å²) in [6.45, 7) is 6.98. The number of ether oxygens (including phenoxy) is 1. The van der Waals surface area contributed by atoms with Crippen molar-refractivity contribution >= 4 is 16.0 Å². The molecule has 8 heteroatoms. The third kappa shape index (κ3) is 9.74. The Morgan fingerprint density at radius 3 is 2.37 bits per heavy atom. The van der Waals surface area contributed by atoms with Crippen LogP contribution in [0.4, 0.5) is 0 Å². The van der Waals surface area contributed by atoms with Crippen LogP contribution < -0.4 is 10.6 Å². The van der Waals surface area contributed by atoms with Crippen molar-refractivity contribution in [3.8, 4) is 0 Å². The van der Waals surface area contributed by atoms with Gasteiger partial charge in [-0.15, -0.1) is 0 Å². The highest BCUT2D eigenvalue weighted by Gasteiger charge is 2.13. The lowest BCUT2D eigenvalue weighted by Crippen LogP contribution is -2.40. The summed E-state index contributed by atoms with van der Waals surface area (Å²) in [5, 5.41) is 6.44. The minimum absolute atomic E-state index is 0.0833. The van der Waals surface area contributed by atoms with Crippen LogP contribution in [0.5, 0.6) is 0 Å². The first kappa shape index (κ1) is 23.4. The lowest BCUT2D eigenvalue weighted by molar-refractivity contribution is 0.0646. The Bertz CT molecular complexity index is 650. The summed E-state index contributed by atoms with van der Waals surface area (Å²) >= 11 is 0. The van der Waals surface area contributed by atoms with Crippen molar-refractivity contribution in [3.05, 3.63) is 35.9 Å². The predicted molar refractivity (Wildman–Crippen MR) is 111 cm³/mol. The zero-order valence-corrected chi connectivity index (χ0v) is 17.8. The van der Waals surface area contributed by atoms with E-state index >= 15 is 0 Å². The third-order valence-corrected chi connectivity index (χ3v) is 5.55. The van der Waals surface area contributed by atoms with E-state index in [-0.39, 0.29) is 6.10 Å². The Hall–Kier alpha value is -1.64. The number of sulfonamides is 1. The average molecular weight is 399 g/mol. The van der Waals surface area contributed by atoms with Crippen LogP contribution in [0.1, 0.15) is 38.4 Å². The molecule has 27 heavy (non-hydrogen) atoms. The molecule has 7 nitrogen and oxygen atoms in total. The lowest BCUT2D eigenvalue weighted by atomic mass is 10.1. The van der Waals surface area contributed by atoms with Gasteiger partial charge in [0, 0.05) is 39.8 Å².